The molecule has 132 valence electrons. The Morgan fingerprint density at radius 3 is 2.96 bits per heavy atom. The zero-order chi connectivity index (χ0) is 18.1. The summed E-state index contributed by atoms with van der Waals surface area (Å²) in [6.45, 7) is 4.08. The third-order valence-corrected chi connectivity index (χ3v) is 5.08. The van der Waals surface area contributed by atoms with Crippen molar-refractivity contribution < 1.29 is 4.79 Å². The molecule has 0 radical (unpaired) electrons. The zero-order valence-electron chi connectivity index (χ0n) is 14.5. The average Bonchev–Trinajstić information content (AvgIpc) is 3.15. The molecule has 3 aromatic rings. The van der Waals surface area contributed by atoms with Gasteiger partial charge in [0, 0.05) is 25.4 Å². The Bertz CT molecular complexity index is 973. The van der Waals surface area contributed by atoms with E-state index in [0.29, 0.717) is 16.0 Å². The minimum Gasteiger partial charge on any atom is -0.331 e. The van der Waals surface area contributed by atoms with Gasteiger partial charge in [-0.15, -0.1) is 11.3 Å². The molecule has 0 aliphatic heterocycles. The van der Waals surface area contributed by atoms with Crippen LogP contribution in [-0.2, 0) is 13.6 Å². The fourth-order valence-corrected chi connectivity index (χ4v) is 3.33. The molecule has 0 bridgehead atoms. The predicted molar refractivity (Wildman–Crippen MR) is 96.6 cm³/mol. The quantitative estimate of drug-likeness (QED) is 0.743. The zero-order valence-corrected chi connectivity index (χ0v) is 15.3. The van der Waals surface area contributed by atoms with Crippen LogP contribution >= 0.6 is 11.3 Å². The van der Waals surface area contributed by atoms with E-state index in [2.05, 4.69) is 20.4 Å². The first-order valence-corrected chi connectivity index (χ1v) is 8.71. The summed E-state index contributed by atoms with van der Waals surface area (Å²) in [5, 5.41) is 8.95. The van der Waals surface area contributed by atoms with Crippen LogP contribution in [0, 0.1) is 6.92 Å². The first-order valence-electron chi connectivity index (χ1n) is 7.83. The Labute approximate surface area is 148 Å². The van der Waals surface area contributed by atoms with Crippen molar-refractivity contribution >= 4 is 27.6 Å². The Balaban J connectivity index is 1.69. The number of hydrogen-bond acceptors (Lipinski definition) is 5. The van der Waals surface area contributed by atoms with E-state index in [1.807, 2.05) is 26.3 Å². The third kappa shape index (κ3) is 3.41. The van der Waals surface area contributed by atoms with Gasteiger partial charge < -0.3 is 15.2 Å². The molecule has 0 spiro atoms. The number of H-pyrrole nitrogens is 1. The van der Waals surface area contributed by atoms with Crippen LogP contribution in [0.3, 0.4) is 0 Å². The summed E-state index contributed by atoms with van der Waals surface area (Å²) in [6.07, 6.45) is 1.75. The van der Waals surface area contributed by atoms with E-state index in [9.17, 15) is 9.59 Å². The molecule has 0 aliphatic carbocycles. The second-order valence-electron chi connectivity index (χ2n) is 5.98. The van der Waals surface area contributed by atoms with E-state index in [1.165, 1.54) is 16.2 Å². The maximum Gasteiger partial charge on any atom is 0.318 e. The van der Waals surface area contributed by atoms with Gasteiger partial charge in [0.05, 0.1) is 24.3 Å². The third-order valence-electron chi connectivity index (χ3n) is 4.18. The number of urea groups is 1. The number of hydrogen-bond donors (Lipinski definition) is 2. The lowest BCUT2D eigenvalue weighted by Gasteiger charge is -2.21. The fraction of sp³-hybridized carbons (Fsp3) is 0.375. The molecule has 0 aliphatic rings. The van der Waals surface area contributed by atoms with Gasteiger partial charge in [-0.2, -0.15) is 5.10 Å². The largest absolute Gasteiger partial charge is 0.331 e. The van der Waals surface area contributed by atoms with Crippen LogP contribution in [0.5, 0.6) is 0 Å². The van der Waals surface area contributed by atoms with Gasteiger partial charge in [0.1, 0.15) is 10.5 Å². The highest BCUT2D eigenvalue weighted by Crippen LogP contribution is 2.17. The second kappa shape index (κ2) is 6.67. The van der Waals surface area contributed by atoms with Crippen molar-refractivity contribution in [3.8, 4) is 0 Å². The summed E-state index contributed by atoms with van der Waals surface area (Å²) in [6, 6.07) is 1.38. The van der Waals surface area contributed by atoms with Crippen LogP contribution in [0.15, 0.2) is 22.4 Å². The summed E-state index contributed by atoms with van der Waals surface area (Å²) in [5.74, 6) is 0.457. The van der Waals surface area contributed by atoms with Gasteiger partial charge >= 0.3 is 6.03 Å². The van der Waals surface area contributed by atoms with E-state index in [0.717, 1.165) is 11.3 Å². The molecule has 3 rings (SSSR count). The minimum absolute atomic E-state index is 0.171. The van der Waals surface area contributed by atoms with Crippen LogP contribution in [0.2, 0.25) is 0 Å². The molecule has 25 heavy (non-hydrogen) atoms. The van der Waals surface area contributed by atoms with Crippen LogP contribution < -0.4 is 10.9 Å². The molecule has 0 saturated carbocycles. The molecular weight excluding hydrogens is 340 g/mol. The predicted octanol–water partition coefficient (Wildman–Crippen LogP) is 1.93. The number of nitrogens with one attached hydrogen (secondary N) is 2. The summed E-state index contributed by atoms with van der Waals surface area (Å²) in [4.78, 5) is 33.0. The first-order chi connectivity index (χ1) is 11.9. The van der Waals surface area contributed by atoms with E-state index in [1.54, 1.807) is 24.0 Å². The molecule has 2 N–H and O–H groups in total. The second-order valence-corrected chi connectivity index (χ2v) is 6.90. The lowest BCUT2D eigenvalue weighted by molar-refractivity contribution is 0.202. The minimum atomic E-state index is -0.246. The van der Waals surface area contributed by atoms with Crippen molar-refractivity contribution in [2.24, 2.45) is 7.05 Å². The number of rotatable bonds is 4. The molecule has 1 unspecified atom stereocenters. The highest BCUT2D eigenvalue weighted by molar-refractivity contribution is 7.17. The van der Waals surface area contributed by atoms with Crippen LogP contribution in [0.4, 0.5) is 4.79 Å². The normalized spacial score (nSPS) is 12.3. The highest BCUT2D eigenvalue weighted by atomic mass is 32.1. The Morgan fingerprint density at radius 1 is 1.52 bits per heavy atom. The van der Waals surface area contributed by atoms with Gasteiger partial charge in [0.2, 0.25) is 0 Å². The lowest BCUT2D eigenvalue weighted by Crippen LogP contribution is -2.38. The monoisotopic (exact) mass is 360 g/mol. The van der Waals surface area contributed by atoms with E-state index in [-0.39, 0.29) is 24.2 Å². The van der Waals surface area contributed by atoms with Crippen molar-refractivity contribution in [2.45, 2.75) is 26.4 Å². The number of carbonyl (C=O) groups excluding carboxylic acids is 1. The number of amides is 2. The highest BCUT2D eigenvalue weighted by Gasteiger charge is 2.18. The number of carbonyl (C=O) groups is 1. The molecular formula is C16H20N6O2S. The SMILES string of the molecule is Cc1c(C(C)NC(=O)N(C)Cc2nc3ccsc3c(=O)[nH]2)cnn1C. The van der Waals surface area contributed by atoms with Gasteiger partial charge in [0.25, 0.3) is 5.56 Å². The molecule has 3 aromatic heterocycles. The summed E-state index contributed by atoms with van der Waals surface area (Å²) in [5.41, 5.74) is 2.44. The Kier molecular flexibility index (Phi) is 4.58. The maximum absolute atomic E-state index is 12.4. The van der Waals surface area contributed by atoms with Crippen molar-refractivity contribution in [1.82, 2.24) is 30.0 Å². The van der Waals surface area contributed by atoms with Crippen molar-refractivity contribution in [3.05, 3.63) is 45.1 Å². The van der Waals surface area contributed by atoms with Gasteiger partial charge in [-0.05, 0) is 25.3 Å². The van der Waals surface area contributed by atoms with E-state index < -0.39 is 0 Å². The molecule has 0 fully saturated rings. The summed E-state index contributed by atoms with van der Waals surface area (Å²) >= 11 is 1.35. The topological polar surface area (TPSA) is 95.9 Å². The van der Waals surface area contributed by atoms with Crippen molar-refractivity contribution in [2.75, 3.05) is 7.05 Å². The molecule has 1 atom stereocenters. The summed E-state index contributed by atoms with van der Waals surface area (Å²) in [7, 11) is 3.53. The van der Waals surface area contributed by atoms with Crippen molar-refractivity contribution in [3.63, 3.8) is 0 Å². The number of aryl methyl sites for hydroxylation is 1. The van der Waals surface area contributed by atoms with Gasteiger partial charge in [-0.25, -0.2) is 9.78 Å². The van der Waals surface area contributed by atoms with Crippen LogP contribution in [-0.4, -0.2) is 37.7 Å². The number of thiophene rings is 1. The number of aromatic amines is 1. The van der Waals surface area contributed by atoms with Gasteiger partial charge in [-0.3, -0.25) is 9.48 Å². The fourth-order valence-electron chi connectivity index (χ4n) is 2.61. The Hall–Kier alpha value is -2.68. The van der Waals surface area contributed by atoms with Crippen LogP contribution in [0.25, 0.3) is 10.2 Å². The van der Waals surface area contributed by atoms with Gasteiger partial charge in [0.15, 0.2) is 0 Å². The smallest absolute Gasteiger partial charge is 0.318 e. The number of fused-ring (bicyclic) bond motifs is 1. The number of aromatic nitrogens is 4. The molecule has 8 nitrogen and oxygen atoms in total. The van der Waals surface area contributed by atoms with E-state index in [4.69, 9.17) is 0 Å². The molecule has 3 heterocycles. The lowest BCUT2D eigenvalue weighted by atomic mass is 10.1. The van der Waals surface area contributed by atoms with Gasteiger partial charge in [-0.1, -0.05) is 0 Å². The molecule has 0 aromatic carbocycles. The van der Waals surface area contributed by atoms with E-state index >= 15 is 0 Å². The number of nitrogens with zero attached hydrogens (tertiary/aromatic N) is 4. The molecule has 0 saturated heterocycles. The molecule has 9 heteroatoms. The molecule has 2 amide bonds. The van der Waals surface area contributed by atoms with Crippen LogP contribution in [0.1, 0.15) is 30.0 Å². The Morgan fingerprint density at radius 2 is 2.28 bits per heavy atom. The first kappa shape index (κ1) is 17.2. The standard InChI is InChI=1S/C16H20N6O2S/c1-9(11-7-17-22(4)10(11)2)18-16(24)21(3)8-13-19-12-5-6-25-14(12)15(23)20-13/h5-7,9H,8H2,1-4H3,(H,18,24)(H,19,20,23). The summed E-state index contributed by atoms with van der Waals surface area (Å²) < 4.78 is 2.36. The average molecular weight is 360 g/mol. The maximum atomic E-state index is 12.4. The van der Waals surface area contributed by atoms with Crippen molar-refractivity contribution in [1.29, 1.82) is 0 Å².